The molecule has 2 heterocycles. The zero-order chi connectivity index (χ0) is 21.6. The third-order valence-electron chi connectivity index (χ3n) is 4.68. The van der Waals surface area contributed by atoms with Crippen molar-refractivity contribution in [1.29, 1.82) is 0 Å². The van der Waals surface area contributed by atoms with Crippen molar-refractivity contribution in [1.82, 2.24) is 20.0 Å². The molecule has 0 unspecified atom stereocenters. The van der Waals surface area contributed by atoms with Crippen LogP contribution >= 0.6 is 0 Å². The molecule has 4 rings (SSSR count). The molecule has 8 heteroatoms. The molecule has 8 nitrogen and oxygen atoms in total. The molecule has 0 saturated carbocycles. The average molecular weight is 415 g/mol. The van der Waals surface area contributed by atoms with Crippen LogP contribution < -0.4 is 14.8 Å². The topological polar surface area (TPSA) is 91.2 Å². The van der Waals surface area contributed by atoms with Gasteiger partial charge in [-0.15, -0.1) is 5.10 Å². The molecular weight excluding hydrogens is 394 g/mol. The van der Waals surface area contributed by atoms with E-state index in [1.807, 2.05) is 48.5 Å². The molecule has 2 aromatic carbocycles. The van der Waals surface area contributed by atoms with E-state index >= 15 is 0 Å². The average Bonchev–Trinajstić information content (AvgIpc) is 3.28. The molecule has 0 aliphatic carbocycles. The predicted molar refractivity (Wildman–Crippen MR) is 116 cm³/mol. The first-order chi connectivity index (χ1) is 15.2. The minimum Gasteiger partial charge on any atom is -0.497 e. The number of hydrogen-bond acceptors (Lipinski definition) is 7. The van der Waals surface area contributed by atoms with Crippen LogP contribution in [-0.2, 0) is 6.54 Å². The first kappa shape index (κ1) is 20.1. The quantitative estimate of drug-likeness (QED) is 0.439. The molecule has 0 radical (unpaired) electrons. The fourth-order valence-corrected chi connectivity index (χ4v) is 3.03. The highest BCUT2D eigenvalue weighted by molar-refractivity contribution is 6.10. The van der Waals surface area contributed by atoms with Gasteiger partial charge in [0.15, 0.2) is 5.69 Å². The van der Waals surface area contributed by atoms with Gasteiger partial charge in [0.05, 0.1) is 32.5 Å². The van der Waals surface area contributed by atoms with Crippen molar-refractivity contribution in [3.63, 3.8) is 0 Å². The van der Waals surface area contributed by atoms with Crippen LogP contribution in [0.15, 0.2) is 73.1 Å². The Morgan fingerprint density at radius 3 is 2.32 bits per heavy atom. The molecule has 1 N–H and O–H groups in total. The largest absolute Gasteiger partial charge is 0.497 e. The van der Waals surface area contributed by atoms with Crippen molar-refractivity contribution in [2.75, 3.05) is 19.5 Å². The molecule has 0 spiro atoms. The summed E-state index contributed by atoms with van der Waals surface area (Å²) in [7, 11) is 3.24. The Labute approximate surface area is 179 Å². The molecule has 0 aliphatic rings. The summed E-state index contributed by atoms with van der Waals surface area (Å²) in [6, 6.07) is 18.4. The molecule has 0 amide bonds. The van der Waals surface area contributed by atoms with E-state index in [0.717, 1.165) is 22.7 Å². The van der Waals surface area contributed by atoms with Crippen molar-refractivity contribution in [3.8, 4) is 11.5 Å². The van der Waals surface area contributed by atoms with Crippen molar-refractivity contribution in [2.24, 2.45) is 0 Å². The summed E-state index contributed by atoms with van der Waals surface area (Å²) in [4.78, 5) is 17.4. The molecule has 4 aromatic rings. The predicted octanol–water partition coefficient (Wildman–Crippen LogP) is 3.71. The van der Waals surface area contributed by atoms with Crippen LogP contribution in [0.2, 0.25) is 0 Å². The second-order valence-electron chi connectivity index (χ2n) is 6.73. The molecule has 0 saturated heterocycles. The van der Waals surface area contributed by atoms with Gasteiger partial charge in [0.2, 0.25) is 5.78 Å². The maximum atomic E-state index is 13.1. The van der Waals surface area contributed by atoms with E-state index in [0.29, 0.717) is 17.9 Å². The van der Waals surface area contributed by atoms with E-state index in [-0.39, 0.29) is 11.5 Å². The monoisotopic (exact) mass is 415 g/mol. The second-order valence-corrected chi connectivity index (χ2v) is 6.73. The van der Waals surface area contributed by atoms with E-state index in [2.05, 4.69) is 20.6 Å². The Balaban J connectivity index is 1.51. The highest BCUT2D eigenvalue weighted by Crippen LogP contribution is 2.22. The fourth-order valence-electron chi connectivity index (χ4n) is 3.03. The Morgan fingerprint density at radius 1 is 0.968 bits per heavy atom. The van der Waals surface area contributed by atoms with Crippen molar-refractivity contribution in [2.45, 2.75) is 6.54 Å². The number of aromatic nitrogens is 4. The lowest BCUT2D eigenvalue weighted by molar-refractivity contribution is 0.103. The summed E-state index contributed by atoms with van der Waals surface area (Å²) in [5, 5.41) is 11.3. The van der Waals surface area contributed by atoms with Crippen LogP contribution in [0.3, 0.4) is 0 Å². The lowest BCUT2D eigenvalue weighted by atomic mass is 10.1. The Kier molecular flexibility index (Phi) is 5.89. The van der Waals surface area contributed by atoms with Gasteiger partial charge in [-0.2, -0.15) is 0 Å². The van der Waals surface area contributed by atoms with Crippen molar-refractivity contribution in [3.05, 3.63) is 89.9 Å². The summed E-state index contributed by atoms with van der Waals surface area (Å²) in [5.41, 5.74) is 2.47. The van der Waals surface area contributed by atoms with Crippen LogP contribution in [-0.4, -0.2) is 40.0 Å². The normalized spacial score (nSPS) is 10.5. The summed E-state index contributed by atoms with van der Waals surface area (Å²) in [6.45, 7) is 0.494. The molecule has 0 bridgehead atoms. The molecule has 2 aromatic heterocycles. The molecule has 31 heavy (non-hydrogen) atoms. The number of carbonyl (C=O) groups is 1. The van der Waals surface area contributed by atoms with Gasteiger partial charge in [0.1, 0.15) is 17.3 Å². The SMILES string of the molecule is COc1ccc(Cn2cc(C(=O)c3cccnc3Nc3ccc(OC)cc3)nn2)cc1. The zero-order valence-corrected chi connectivity index (χ0v) is 17.1. The number of nitrogens with zero attached hydrogens (tertiary/aromatic N) is 4. The molecule has 0 fully saturated rings. The molecule has 0 aliphatic heterocycles. The van der Waals surface area contributed by atoms with Gasteiger partial charge in [-0.3, -0.25) is 4.79 Å². The summed E-state index contributed by atoms with van der Waals surface area (Å²) >= 11 is 0. The van der Waals surface area contributed by atoms with E-state index in [1.165, 1.54) is 0 Å². The number of hydrogen-bond donors (Lipinski definition) is 1. The lowest BCUT2D eigenvalue weighted by Crippen LogP contribution is -2.07. The Bertz CT molecular complexity index is 1170. The third-order valence-corrected chi connectivity index (χ3v) is 4.68. The minimum atomic E-state index is -0.259. The maximum Gasteiger partial charge on any atom is 0.218 e. The van der Waals surface area contributed by atoms with Crippen LogP contribution in [0.5, 0.6) is 11.5 Å². The summed E-state index contributed by atoms with van der Waals surface area (Å²) in [6.07, 6.45) is 3.26. The van der Waals surface area contributed by atoms with E-state index in [4.69, 9.17) is 9.47 Å². The smallest absolute Gasteiger partial charge is 0.218 e. The number of ether oxygens (including phenoxy) is 2. The Morgan fingerprint density at radius 2 is 1.65 bits per heavy atom. The van der Waals surface area contributed by atoms with Gasteiger partial charge < -0.3 is 14.8 Å². The molecular formula is C23H21N5O3. The van der Waals surface area contributed by atoms with E-state index in [1.54, 1.807) is 43.4 Å². The van der Waals surface area contributed by atoms with Gasteiger partial charge in [-0.25, -0.2) is 9.67 Å². The van der Waals surface area contributed by atoms with E-state index in [9.17, 15) is 4.79 Å². The number of nitrogens with one attached hydrogen (secondary N) is 1. The standard InChI is InChI=1S/C23H21N5O3/c1-30-18-9-5-16(6-10-18)14-28-15-21(26-27-28)22(29)20-4-3-13-24-23(20)25-17-7-11-19(31-2)12-8-17/h3-13,15H,14H2,1-2H3,(H,24,25). The number of carbonyl (C=O) groups excluding carboxylic acids is 1. The van der Waals surface area contributed by atoms with E-state index < -0.39 is 0 Å². The Hall–Kier alpha value is -4.20. The van der Waals surface area contributed by atoms with Crippen molar-refractivity contribution >= 4 is 17.3 Å². The fraction of sp³-hybridized carbons (Fsp3) is 0.130. The number of methoxy groups -OCH3 is 2. The van der Waals surface area contributed by atoms with Crippen LogP contribution in [0.4, 0.5) is 11.5 Å². The first-order valence-corrected chi connectivity index (χ1v) is 9.60. The van der Waals surface area contributed by atoms with Crippen LogP contribution in [0.25, 0.3) is 0 Å². The van der Waals surface area contributed by atoms with Crippen molar-refractivity contribution < 1.29 is 14.3 Å². The van der Waals surface area contributed by atoms with Gasteiger partial charge in [-0.1, -0.05) is 17.3 Å². The number of pyridine rings is 1. The van der Waals surface area contributed by atoms with Crippen LogP contribution in [0.1, 0.15) is 21.6 Å². The summed E-state index contributed by atoms with van der Waals surface area (Å²) < 4.78 is 12.0. The van der Waals surface area contributed by atoms with Gasteiger partial charge in [0.25, 0.3) is 0 Å². The molecule has 156 valence electrons. The first-order valence-electron chi connectivity index (χ1n) is 9.60. The van der Waals surface area contributed by atoms with Gasteiger partial charge in [0, 0.05) is 11.9 Å². The maximum absolute atomic E-state index is 13.1. The number of anilines is 2. The minimum absolute atomic E-state index is 0.249. The van der Waals surface area contributed by atoms with Crippen LogP contribution in [0, 0.1) is 0 Å². The molecule has 0 atom stereocenters. The number of benzene rings is 2. The summed E-state index contributed by atoms with van der Waals surface area (Å²) in [5.74, 6) is 1.72. The number of rotatable bonds is 8. The van der Waals surface area contributed by atoms with Gasteiger partial charge >= 0.3 is 0 Å². The third kappa shape index (κ3) is 4.69. The second kappa shape index (κ2) is 9.08. The number of ketones is 1. The highest BCUT2D eigenvalue weighted by Gasteiger charge is 2.18. The lowest BCUT2D eigenvalue weighted by Gasteiger charge is -2.10. The van der Waals surface area contributed by atoms with Gasteiger partial charge in [-0.05, 0) is 54.1 Å². The zero-order valence-electron chi connectivity index (χ0n) is 17.1. The highest BCUT2D eigenvalue weighted by atomic mass is 16.5.